The molecule has 0 amide bonds. The van der Waals surface area contributed by atoms with E-state index in [0.717, 1.165) is 16.7 Å². The lowest BCUT2D eigenvalue weighted by molar-refractivity contribution is -0.268. The molecule has 0 radical (unpaired) electrons. The molecular formula is C25H26N2O5S. The number of rotatable bonds is 7. The number of carboxylic acids is 1. The zero-order valence-electron chi connectivity index (χ0n) is 18.1. The number of aliphatic hydroxyl groups excluding tert-OH is 1. The minimum Gasteiger partial charge on any atom is -0.478 e. The number of aliphatic hydroxyl groups is 1. The van der Waals surface area contributed by atoms with Crippen LogP contribution in [0.4, 0.5) is 5.69 Å². The molecule has 7 nitrogen and oxygen atoms in total. The summed E-state index contributed by atoms with van der Waals surface area (Å²) >= 11 is 1.36. The van der Waals surface area contributed by atoms with Crippen molar-refractivity contribution in [2.75, 3.05) is 11.5 Å². The fraction of sp³-hybridized carbons (Fsp3) is 0.280. The number of pyridine rings is 1. The number of carbonyl (C=O) groups is 1. The molecule has 3 aromatic rings. The number of ether oxygens (including phenoxy) is 2. The summed E-state index contributed by atoms with van der Waals surface area (Å²) in [5.41, 5.74) is 9.40. The first kappa shape index (κ1) is 23.3. The van der Waals surface area contributed by atoms with E-state index >= 15 is 0 Å². The van der Waals surface area contributed by atoms with Gasteiger partial charge in [-0.1, -0.05) is 43.3 Å². The molecule has 33 heavy (non-hydrogen) atoms. The maximum Gasteiger partial charge on any atom is 0.338 e. The number of anilines is 1. The number of nitrogens with zero attached hydrogens (tertiary/aromatic N) is 1. The fourth-order valence-corrected chi connectivity index (χ4v) is 5.00. The van der Waals surface area contributed by atoms with Crippen molar-refractivity contribution >= 4 is 23.4 Å². The molecule has 0 unspecified atom stereocenters. The molecule has 1 aromatic heterocycles. The summed E-state index contributed by atoms with van der Waals surface area (Å²) in [5, 5.41) is 19.3. The fourth-order valence-electron chi connectivity index (χ4n) is 3.85. The maximum atomic E-state index is 11.6. The molecule has 0 aliphatic carbocycles. The summed E-state index contributed by atoms with van der Waals surface area (Å²) in [7, 11) is 0. The highest BCUT2D eigenvalue weighted by Gasteiger charge is 2.38. The minimum atomic E-state index is -1.01. The van der Waals surface area contributed by atoms with Crippen molar-refractivity contribution in [3.05, 3.63) is 89.1 Å². The Bertz CT molecular complexity index is 1110. The van der Waals surface area contributed by atoms with Gasteiger partial charge in [0.25, 0.3) is 0 Å². The van der Waals surface area contributed by atoms with Crippen molar-refractivity contribution in [2.45, 2.75) is 37.1 Å². The van der Waals surface area contributed by atoms with E-state index in [0.29, 0.717) is 16.5 Å². The molecule has 0 saturated carbocycles. The Kier molecular flexibility index (Phi) is 7.29. The maximum absolute atomic E-state index is 11.6. The molecule has 1 saturated heterocycles. The largest absolute Gasteiger partial charge is 0.478 e. The summed E-state index contributed by atoms with van der Waals surface area (Å²) in [5.74, 6) is -0.524. The molecule has 2 aromatic carbocycles. The van der Waals surface area contributed by atoms with E-state index in [1.165, 1.54) is 11.8 Å². The van der Waals surface area contributed by atoms with Gasteiger partial charge in [-0.3, -0.25) is 0 Å². The summed E-state index contributed by atoms with van der Waals surface area (Å²) in [4.78, 5) is 15.8. The zero-order chi connectivity index (χ0) is 23.4. The SMILES string of the molecule is C[C@H]1[C@@H](CSc2ncccc2C(=O)O)O[C@@H](c2cccc(N)c2)O[C@H]1c1ccc(CO)cc1. The Balaban J connectivity index is 1.61. The second kappa shape index (κ2) is 10.4. The van der Waals surface area contributed by atoms with Crippen molar-refractivity contribution < 1.29 is 24.5 Å². The third-order valence-corrected chi connectivity index (χ3v) is 6.79. The van der Waals surface area contributed by atoms with Crippen molar-refractivity contribution in [3.8, 4) is 0 Å². The van der Waals surface area contributed by atoms with Gasteiger partial charge in [-0.25, -0.2) is 9.78 Å². The number of carboxylic acid groups (broad SMARTS) is 1. The van der Waals surface area contributed by atoms with E-state index in [4.69, 9.17) is 15.2 Å². The minimum absolute atomic E-state index is 0.0215. The van der Waals surface area contributed by atoms with E-state index in [-0.39, 0.29) is 30.3 Å². The van der Waals surface area contributed by atoms with Crippen molar-refractivity contribution in [1.82, 2.24) is 4.98 Å². The highest BCUT2D eigenvalue weighted by molar-refractivity contribution is 7.99. The van der Waals surface area contributed by atoms with Gasteiger partial charge >= 0.3 is 5.97 Å². The molecule has 4 N–H and O–H groups in total. The molecule has 4 atom stereocenters. The first-order valence-electron chi connectivity index (χ1n) is 10.6. The lowest BCUT2D eigenvalue weighted by Gasteiger charge is -2.41. The van der Waals surface area contributed by atoms with Crippen LogP contribution in [0.1, 0.15) is 46.4 Å². The average Bonchev–Trinajstić information content (AvgIpc) is 2.83. The van der Waals surface area contributed by atoms with Gasteiger partial charge in [0.1, 0.15) is 5.03 Å². The van der Waals surface area contributed by atoms with Crippen molar-refractivity contribution in [3.63, 3.8) is 0 Å². The van der Waals surface area contributed by atoms with E-state index in [2.05, 4.69) is 11.9 Å². The highest BCUT2D eigenvalue weighted by atomic mass is 32.2. The number of thioether (sulfide) groups is 1. The van der Waals surface area contributed by atoms with Crippen LogP contribution in [-0.2, 0) is 16.1 Å². The number of aromatic nitrogens is 1. The quantitative estimate of drug-likeness (QED) is 0.346. The summed E-state index contributed by atoms with van der Waals surface area (Å²) in [6.45, 7) is 2.04. The molecule has 1 aliphatic heterocycles. The normalized spacial score (nSPS) is 22.7. The number of nitrogen functional groups attached to an aromatic ring is 1. The van der Waals surface area contributed by atoms with Crippen LogP contribution in [0.15, 0.2) is 71.9 Å². The van der Waals surface area contributed by atoms with Gasteiger partial charge in [0.15, 0.2) is 6.29 Å². The lowest BCUT2D eigenvalue weighted by atomic mass is 9.91. The van der Waals surface area contributed by atoms with Crippen LogP contribution < -0.4 is 5.73 Å². The van der Waals surface area contributed by atoms with Crippen LogP contribution in [-0.4, -0.2) is 33.0 Å². The molecule has 2 heterocycles. The molecular weight excluding hydrogens is 440 g/mol. The Hall–Kier alpha value is -2.91. The van der Waals surface area contributed by atoms with Gasteiger partial charge in [-0.15, -0.1) is 11.8 Å². The second-order valence-electron chi connectivity index (χ2n) is 7.96. The Labute approximate surface area is 196 Å². The number of hydrogen-bond acceptors (Lipinski definition) is 7. The van der Waals surface area contributed by atoms with Gasteiger partial charge < -0.3 is 25.4 Å². The van der Waals surface area contributed by atoms with Crippen LogP contribution in [0.2, 0.25) is 0 Å². The molecule has 1 aliphatic rings. The predicted octanol–water partition coefficient (Wildman–Crippen LogP) is 4.44. The average molecular weight is 467 g/mol. The van der Waals surface area contributed by atoms with Gasteiger partial charge in [-0.2, -0.15) is 0 Å². The monoisotopic (exact) mass is 466 g/mol. The van der Waals surface area contributed by atoms with Crippen LogP contribution in [0.25, 0.3) is 0 Å². The topological polar surface area (TPSA) is 115 Å². The Morgan fingerprint density at radius 3 is 2.58 bits per heavy atom. The van der Waals surface area contributed by atoms with Crippen LogP contribution in [0.3, 0.4) is 0 Å². The molecule has 1 fully saturated rings. The third-order valence-electron chi connectivity index (χ3n) is 5.69. The van der Waals surface area contributed by atoms with Gasteiger partial charge in [0.05, 0.1) is 24.4 Å². The predicted molar refractivity (Wildman–Crippen MR) is 126 cm³/mol. The molecule has 4 rings (SSSR count). The molecule has 0 spiro atoms. The summed E-state index contributed by atoms with van der Waals surface area (Å²) < 4.78 is 12.7. The smallest absolute Gasteiger partial charge is 0.338 e. The summed E-state index contributed by atoms with van der Waals surface area (Å²) in [6.07, 6.45) is 0.470. The van der Waals surface area contributed by atoms with Crippen LogP contribution >= 0.6 is 11.8 Å². The lowest BCUT2D eigenvalue weighted by Crippen LogP contribution is -2.38. The zero-order valence-corrected chi connectivity index (χ0v) is 18.9. The standard InChI is InChI=1S/C25H26N2O5S/c1-15-21(14-33-23-20(24(29)30)6-3-11-27-23)31-25(18-4-2-5-19(26)12-18)32-22(15)17-9-7-16(13-28)8-10-17/h2-12,15,21-22,25,28H,13-14,26H2,1H3,(H,29,30)/t15-,21+,22+,25+/m0/s1. The van der Waals surface area contributed by atoms with Gasteiger partial charge in [0, 0.05) is 29.1 Å². The second-order valence-corrected chi connectivity index (χ2v) is 8.97. The molecule has 8 heteroatoms. The number of aromatic carboxylic acids is 1. The number of benzene rings is 2. The van der Waals surface area contributed by atoms with Gasteiger partial charge in [0.2, 0.25) is 0 Å². The van der Waals surface area contributed by atoms with E-state index in [9.17, 15) is 15.0 Å². The van der Waals surface area contributed by atoms with Crippen molar-refractivity contribution in [1.29, 1.82) is 0 Å². The van der Waals surface area contributed by atoms with Gasteiger partial charge in [-0.05, 0) is 35.4 Å². The van der Waals surface area contributed by atoms with E-state index in [1.807, 2.05) is 48.5 Å². The number of nitrogens with two attached hydrogens (primary N) is 1. The number of hydrogen-bond donors (Lipinski definition) is 3. The van der Waals surface area contributed by atoms with Crippen molar-refractivity contribution in [2.24, 2.45) is 5.92 Å². The molecule has 172 valence electrons. The first-order chi connectivity index (χ1) is 16.0. The van der Waals surface area contributed by atoms with Crippen LogP contribution in [0, 0.1) is 5.92 Å². The Morgan fingerprint density at radius 1 is 1.09 bits per heavy atom. The van der Waals surface area contributed by atoms with E-state index < -0.39 is 12.3 Å². The highest BCUT2D eigenvalue weighted by Crippen LogP contribution is 2.43. The first-order valence-corrected chi connectivity index (χ1v) is 11.6. The summed E-state index contributed by atoms with van der Waals surface area (Å²) in [6, 6.07) is 18.3. The van der Waals surface area contributed by atoms with E-state index in [1.54, 1.807) is 18.3 Å². The Morgan fingerprint density at radius 2 is 1.88 bits per heavy atom. The van der Waals surface area contributed by atoms with Crippen LogP contribution in [0.5, 0.6) is 0 Å². The molecule has 0 bridgehead atoms. The third kappa shape index (κ3) is 5.36.